The predicted octanol–water partition coefficient (Wildman–Crippen LogP) is 4.16. The summed E-state index contributed by atoms with van der Waals surface area (Å²) in [7, 11) is 0. The zero-order valence-corrected chi connectivity index (χ0v) is 14.8. The summed E-state index contributed by atoms with van der Waals surface area (Å²) in [5.41, 5.74) is 2.93. The fourth-order valence-corrected chi connectivity index (χ4v) is 3.46. The highest BCUT2D eigenvalue weighted by Crippen LogP contribution is 2.27. The second kappa shape index (κ2) is 6.58. The zero-order chi connectivity index (χ0) is 15.6. The topological polar surface area (TPSA) is 51.2 Å². The summed E-state index contributed by atoms with van der Waals surface area (Å²) in [6, 6.07) is 3.93. The highest BCUT2D eigenvalue weighted by Gasteiger charge is 2.11. The summed E-state index contributed by atoms with van der Waals surface area (Å²) in [6.45, 7) is 7.79. The van der Waals surface area contributed by atoms with Crippen LogP contribution in [0.4, 0.5) is 5.13 Å². The molecule has 1 heterocycles. The van der Waals surface area contributed by atoms with E-state index >= 15 is 0 Å². The molecule has 2 aromatic rings. The maximum Gasteiger partial charge on any atom is 0.264 e. The first kappa shape index (κ1) is 16.0. The minimum atomic E-state index is -0.203. The van der Waals surface area contributed by atoms with Crippen LogP contribution in [-0.4, -0.2) is 17.5 Å². The van der Waals surface area contributed by atoms with Gasteiger partial charge in [-0.3, -0.25) is 10.1 Å². The molecular formula is C15H17BrN2O2S. The standard InChI is InChI=1S/C15H17BrN2O2S/c1-8-5-12(16)6-9(2)14(8)20-7-13(19)18-15-17-10(3)11(4)21-15/h5-6H,7H2,1-4H3,(H,17,18,19). The molecule has 0 radical (unpaired) electrons. The number of halogens is 1. The van der Waals surface area contributed by atoms with Crippen LogP contribution in [0.2, 0.25) is 0 Å². The van der Waals surface area contributed by atoms with Crippen molar-refractivity contribution in [3.63, 3.8) is 0 Å². The maximum absolute atomic E-state index is 11.9. The molecule has 0 saturated carbocycles. The highest BCUT2D eigenvalue weighted by molar-refractivity contribution is 9.10. The van der Waals surface area contributed by atoms with Gasteiger partial charge in [-0.05, 0) is 51.0 Å². The van der Waals surface area contributed by atoms with Gasteiger partial charge in [0.15, 0.2) is 11.7 Å². The van der Waals surface area contributed by atoms with E-state index in [-0.39, 0.29) is 12.5 Å². The fourth-order valence-electron chi connectivity index (χ4n) is 1.94. The third kappa shape index (κ3) is 4.04. The smallest absolute Gasteiger partial charge is 0.264 e. The summed E-state index contributed by atoms with van der Waals surface area (Å²) in [6.07, 6.45) is 0. The predicted molar refractivity (Wildman–Crippen MR) is 89.3 cm³/mol. The molecule has 0 aliphatic carbocycles. The Morgan fingerprint density at radius 1 is 1.29 bits per heavy atom. The normalized spacial score (nSPS) is 10.5. The third-order valence-corrected chi connectivity index (χ3v) is 4.49. The van der Waals surface area contributed by atoms with Gasteiger partial charge in [-0.15, -0.1) is 11.3 Å². The molecule has 1 amide bonds. The number of aromatic nitrogens is 1. The summed E-state index contributed by atoms with van der Waals surface area (Å²) < 4.78 is 6.64. The van der Waals surface area contributed by atoms with Gasteiger partial charge in [-0.1, -0.05) is 15.9 Å². The van der Waals surface area contributed by atoms with Gasteiger partial charge < -0.3 is 4.74 Å². The van der Waals surface area contributed by atoms with E-state index in [4.69, 9.17) is 4.74 Å². The number of benzene rings is 1. The van der Waals surface area contributed by atoms with E-state index in [2.05, 4.69) is 26.2 Å². The van der Waals surface area contributed by atoms with Gasteiger partial charge in [0.2, 0.25) is 0 Å². The summed E-state index contributed by atoms with van der Waals surface area (Å²) in [5, 5.41) is 3.37. The van der Waals surface area contributed by atoms with E-state index in [0.29, 0.717) is 5.13 Å². The number of thiazole rings is 1. The van der Waals surface area contributed by atoms with Crippen LogP contribution in [0.3, 0.4) is 0 Å². The number of carbonyl (C=O) groups excluding carboxylic acids is 1. The number of aryl methyl sites for hydroxylation is 4. The van der Waals surface area contributed by atoms with Gasteiger partial charge in [0.05, 0.1) is 5.69 Å². The molecule has 4 nitrogen and oxygen atoms in total. The molecule has 0 aliphatic rings. The minimum absolute atomic E-state index is 0.0268. The molecule has 0 aliphatic heterocycles. The van der Waals surface area contributed by atoms with Crippen LogP contribution in [0, 0.1) is 27.7 Å². The van der Waals surface area contributed by atoms with Crippen molar-refractivity contribution in [2.45, 2.75) is 27.7 Å². The SMILES string of the molecule is Cc1cc(Br)cc(C)c1OCC(=O)Nc1nc(C)c(C)s1. The van der Waals surface area contributed by atoms with Crippen LogP contribution >= 0.6 is 27.3 Å². The lowest BCUT2D eigenvalue weighted by molar-refractivity contribution is -0.118. The number of amides is 1. The van der Waals surface area contributed by atoms with Crippen molar-refractivity contribution in [3.05, 3.63) is 38.3 Å². The van der Waals surface area contributed by atoms with Crippen molar-refractivity contribution in [3.8, 4) is 5.75 Å². The Kier molecular flexibility index (Phi) is 5.00. The molecule has 0 atom stereocenters. The molecule has 1 aromatic heterocycles. The molecule has 112 valence electrons. The quantitative estimate of drug-likeness (QED) is 0.881. The number of carbonyl (C=O) groups is 1. The number of hydrogen-bond acceptors (Lipinski definition) is 4. The first-order valence-corrected chi connectivity index (χ1v) is 8.11. The molecule has 21 heavy (non-hydrogen) atoms. The monoisotopic (exact) mass is 368 g/mol. The van der Waals surface area contributed by atoms with Crippen molar-refractivity contribution < 1.29 is 9.53 Å². The van der Waals surface area contributed by atoms with Crippen molar-refractivity contribution >= 4 is 38.3 Å². The molecule has 1 N–H and O–H groups in total. The van der Waals surface area contributed by atoms with Crippen LogP contribution in [-0.2, 0) is 4.79 Å². The second-order valence-corrected chi connectivity index (χ2v) is 6.99. The summed E-state index contributed by atoms with van der Waals surface area (Å²) in [4.78, 5) is 17.3. The number of ether oxygens (including phenoxy) is 1. The lowest BCUT2D eigenvalue weighted by Gasteiger charge is -2.12. The Morgan fingerprint density at radius 2 is 1.90 bits per heavy atom. The van der Waals surface area contributed by atoms with Crippen molar-refractivity contribution in [2.24, 2.45) is 0 Å². The van der Waals surface area contributed by atoms with Crippen LogP contribution in [0.15, 0.2) is 16.6 Å². The van der Waals surface area contributed by atoms with Crippen molar-refractivity contribution in [2.75, 3.05) is 11.9 Å². The maximum atomic E-state index is 11.9. The highest BCUT2D eigenvalue weighted by atomic mass is 79.9. The minimum Gasteiger partial charge on any atom is -0.483 e. The Balaban J connectivity index is 1.98. The van der Waals surface area contributed by atoms with Crippen LogP contribution in [0.5, 0.6) is 5.75 Å². The number of anilines is 1. The summed E-state index contributed by atoms with van der Waals surface area (Å²) >= 11 is 4.91. The van der Waals surface area contributed by atoms with Gasteiger partial charge in [0, 0.05) is 9.35 Å². The Hall–Kier alpha value is -1.40. The van der Waals surface area contributed by atoms with Gasteiger partial charge >= 0.3 is 0 Å². The van der Waals surface area contributed by atoms with Gasteiger partial charge in [0.25, 0.3) is 5.91 Å². The summed E-state index contributed by atoms with van der Waals surface area (Å²) in [5.74, 6) is 0.547. The number of nitrogens with zero attached hydrogens (tertiary/aromatic N) is 1. The van der Waals surface area contributed by atoms with E-state index in [1.165, 1.54) is 11.3 Å². The van der Waals surface area contributed by atoms with Crippen molar-refractivity contribution in [1.29, 1.82) is 0 Å². The molecule has 0 fully saturated rings. The first-order valence-electron chi connectivity index (χ1n) is 6.50. The molecule has 0 spiro atoms. The molecule has 0 bridgehead atoms. The van der Waals surface area contributed by atoms with Crippen molar-refractivity contribution in [1.82, 2.24) is 4.98 Å². The van der Waals surface area contributed by atoms with Crippen LogP contribution in [0.1, 0.15) is 21.7 Å². The van der Waals surface area contributed by atoms with E-state index in [0.717, 1.165) is 31.9 Å². The zero-order valence-electron chi connectivity index (χ0n) is 12.4. The number of hydrogen-bond donors (Lipinski definition) is 1. The van der Waals surface area contributed by atoms with E-state index in [1.807, 2.05) is 39.8 Å². The van der Waals surface area contributed by atoms with Gasteiger partial charge in [-0.2, -0.15) is 0 Å². The molecule has 2 rings (SSSR count). The van der Waals surface area contributed by atoms with E-state index in [9.17, 15) is 4.79 Å². The lowest BCUT2D eigenvalue weighted by atomic mass is 10.1. The molecule has 0 unspecified atom stereocenters. The van der Waals surface area contributed by atoms with Gasteiger partial charge in [0.1, 0.15) is 5.75 Å². The Labute approximate surface area is 136 Å². The number of nitrogens with one attached hydrogen (secondary N) is 1. The largest absolute Gasteiger partial charge is 0.483 e. The third-order valence-electron chi connectivity index (χ3n) is 3.05. The van der Waals surface area contributed by atoms with E-state index in [1.54, 1.807) is 0 Å². The van der Waals surface area contributed by atoms with Gasteiger partial charge in [-0.25, -0.2) is 4.98 Å². The fraction of sp³-hybridized carbons (Fsp3) is 0.333. The Morgan fingerprint density at radius 3 is 2.43 bits per heavy atom. The average Bonchev–Trinajstić information content (AvgIpc) is 2.66. The molecule has 6 heteroatoms. The first-order chi connectivity index (χ1) is 9.86. The van der Waals surface area contributed by atoms with Crippen LogP contribution in [0.25, 0.3) is 0 Å². The van der Waals surface area contributed by atoms with E-state index < -0.39 is 0 Å². The molecular weight excluding hydrogens is 352 g/mol. The number of rotatable bonds is 4. The Bertz CT molecular complexity index is 640. The van der Waals surface area contributed by atoms with Crippen LogP contribution < -0.4 is 10.1 Å². The lowest BCUT2D eigenvalue weighted by Crippen LogP contribution is -2.20. The molecule has 0 saturated heterocycles. The molecule has 1 aromatic carbocycles. The average molecular weight is 369 g/mol. The second-order valence-electron chi connectivity index (χ2n) is 4.87.